The molecule has 0 spiro atoms. The molecular weight excluding hydrogens is 333 g/mol. The van der Waals surface area contributed by atoms with Crippen LogP contribution in [-0.4, -0.2) is 26.7 Å². The minimum absolute atomic E-state index is 0.00129. The first-order chi connectivity index (χ1) is 9.81. The van der Waals surface area contributed by atoms with Gasteiger partial charge in [-0.2, -0.15) is 0 Å². The highest BCUT2D eigenvalue weighted by molar-refractivity contribution is 7.89. The Morgan fingerprint density at radius 1 is 1.33 bits per heavy atom. The van der Waals surface area contributed by atoms with Crippen molar-refractivity contribution in [3.63, 3.8) is 0 Å². The zero-order valence-electron chi connectivity index (χ0n) is 11.8. The van der Waals surface area contributed by atoms with E-state index in [4.69, 9.17) is 28.3 Å². The summed E-state index contributed by atoms with van der Waals surface area (Å²) in [5.41, 5.74) is 0.444. The smallest absolute Gasteiger partial charge is 0.243 e. The molecule has 0 amide bonds. The summed E-state index contributed by atoms with van der Waals surface area (Å²) >= 11 is 12.0. The minimum atomic E-state index is -3.78. The van der Waals surface area contributed by atoms with Gasteiger partial charge in [-0.3, -0.25) is 0 Å². The van der Waals surface area contributed by atoms with Gasteiger partial charge in [0.15, 0.2) is 0 Å². The summed E-state index contributed by atoms with van der Waals surface area (Å²) in [5.74, 6) is 5.29. The van der Waals surface area contributed by atoms with Crippen LogP contribution in [0.15, 0.2) is 17.0 Å². The van der Waals surface area contributed by atoms with E-state index in [1.54, 1.807) is 0 Å². The van der Waals surface area contributed by atoms with E-state index < -0.39 is 10.0 Å². The van der Waals surface area contributed by atoms with Crippen molar-refractivity contribution < 1.29 is 13.5 Å². The highest BCUT2D eigenvalue weighted by Gasteiger charge is 2.22. The van der Waals surface area contributed by atoms with Gasteiger partial charge in [0.05, 0.1) is 10.0 Å². The number of rotatable bonds is 5. The van der Waals surface area contributed by atoms with Crippen molar-refractivity contribution in [1.29, 1.82) is 0 Å². The molecule has 116 valence electrons. The molecule has 0 aliphatic carbocycles. The topological polar surface area (TPSA) is 66.4 Å². The van der Waals surface area contributed by atoms with Crippen LogP contribution in [0.25, 0.3) is 0 Å². The van der Waals surface area contributed by atoms with Gasteiger partial charge in [0.2, 0.25) is 10.0 Å². The van der Waals surface area contributed by atoms with E-state index in [1.165, 1.54) is 12.1 Å². The molecule has 1 rings (SSSR count). The summed E-state index contributed by atoms with van der Waals surface area (Å²) in [4.78, 5) is -0.149. The minimum Gasteiger partial charge on any atom is -0.384 e. The second kappa shape index (κ2) is 8.02. The standard InChI is InChI=1S/C14H17Cl2NO3S/c1-3-10(2)9-17-21(19,20)14-12(15)7-11(5-4-6-18)8-13(14)16/h7-8,10,17-18H,3,6,9H2,1-2H3. The number of halogens is 2. The maximum Gasteiger partial charge on any atom is 0.243 e. The van der Waals surface area contributed by atoms with Crippen LogP contribution in [0.2, 0.25) is 10.0 Å². The van der Waals surface area contributed by atoms with Crippen molar-refractivity contribution in [3.05, 3.63) is 27.7 Å². The first-order valence-electron chi connectivity index (χ1n) is 6.40. The van der Waals surface area contributed by atoms with Gasteiger partial charge in [-0.15, -0.1) is 0 Å². The largest absolute Gasteiger partial charge is 0.384 e. The van der Waals surface area contributed by atoms with Gasteiger partial charge in [0.25, 0.3) is 0 Å². The molecular formula is C14H17Cl2NO3S. The summed E-state index contributed by atoms with van der Waals surface area (Å²) in [6.45, 7) is 3.94. The molecule has 0 saturated carbocycles. The Balaban J connectivity index is 3.13. The fourth-order valence-corrected chi connectivity index (χ4v) is 3.87. The molecule has 0 bridgehead atoms. The number of sulfonamides is 1. The molecule has 0 saturated heterocycles. The second-order valence-electron chi connectivity index (χ2n) is 4.59. The highest BCUT2D eigenvalue weighted by Crippen LogP contribution is 2.30. The summed E-state index contributed by atoms with van der Waals surface area (Å²) in [6, 6.07) is 2.82. The molecule has 0 aliphatic rings. The number of hydrogen-bond donors (Lipinski definition) is 2. The van der Waals surface area contributed by atoms with Crippen molar-refractivity contribution in [2.24, 2.45) is 5.92 Å². The Labute approximate surface area is 135 Å². The lowest BCUT2D eigenvalue weighted by atomic mass is 10.1. The van der Waals surface area contributed by atoms with Crippen molar-refractivity contribution >= 4 is 33.2 Å². The number of nitrogens with one attached hydrogen (secondary N) is 1. The molecule has 1 unspecified atom stereocenters. The summed E-state index contributed by atoms with van der Waals surface area (Å²) in [7, 11) is -3.78. The molecule has 0 radical (unpaired) electrons. The molecule has 0 heterocycles. The molecule has 0 aromatic heterocycles. The van der Waals surface area contributed by atoms with Gasteiger partial charge < -0.3 is 5.11 Å². The molecule has 0 fully saturated rings. The molecule has 1 atom stereocenters. The summed E-state index contributed by atoms with van der Waals surface area (Å²) in [5, 5.41) is 8.65. The van der Waals surface area contributed by atoms with E-state index in [9.17, 15) is 8.42 Å². The molecule has 0 aliphatic heterocycles. The SMILES string of the molecule is CCC(C)CNS(=O)(=O)c1c(Cl)cc(C#CCO)cc1Cl. The zero-order chi connectivity index (χ0) is 16.0. The normalized spacial score (nSPS) is 12.6. The second-order valence-corrected chi connectivity index (χ2v) is 7.11. The van der Waals surface area contributed by atoms with E-state index in [2.05, 4.69) is 16.6 Å². The number of aliphatic hydroxyl groups excluding tert-OH is 1. The van der Waals surface area contributed by atoms with Gasteiger partial charge in [-0.05, 0) is 18.1 Å². The first-order valence-corrected chi connectivity index (χ1v) is 8.64. The molecule has 7 heteroatoms. The Morgan fingerprint density at radius 3 is 2.38 bits per heavy atom. The molecule has 2 N–H and O–H groups in total. The van der Waals surface area contributed by atoms with Crippen LogP contribution in [-0.2, 0) is 10.0 Å². The number of aliphatic hydroxyl groups is 1. The maximum absolute atomic E-state index is 12.3. The van der Waals surface area contributed by atoms with Gasteiger partial charge in [-0.1, -0.05) is 55.3 Å². The van der Waals surface area contributed by atoms with E-state index >= 15 is 0 Å². The maximum atomic E-state index is 12.3. The predicted molar refractivity (Wildman–Crippen MR) is 85.1 cm³/mol. The zero-order valence-corrected chi connectivity index (χ0v) is 14.1. The average Bonchev–Trinajstić information content (AvgIpc) is 2.41. The molecule has 21 heavy (non-hydrogen) atoms. The van der Waals surface area contributed by atoms with Crippen LogP contribution in [0.5, 0.6) is 0 Å². The predicted octanol–water partition coefficient (Wildman–Crippen LogP) is 2.66. The van der Waals surface area contributed by atoms with E-state index in [0.29, 0.717) is 12.1 Å². The van der Waals surface area contributed by atoms with Crippen molar-refractivity contribution in [2.45, 2.75) is 25.2 Å². The first kappa shape index (κ1) is 18.3. The third kappa shape index (κ3) is 5.17. The lowest BCUT2D eigenvalue weighted by Crippen LogP contribution is -2.28. The van der Waals surface area contributed by atoms with Crippen LogP contribution >= 0.6 is 23.2 Å². The third-order valence-electron chi connectivity index (χ3n) is 2.90. The van der Waals surface area contributed by atoms with Gasteiger partial charge in [0.1, 0.15) is 11.5 Å². The van der Waals surface area contributed by atoms with Crippen LogP contribution in [0.4, 0.5) is 0 Å². The van der Waals surface area contributed by atoms with Gasteiger partial charge in [0, 0.05) is 12.1 Å². The van der Waals surface area contributed by atoms with Crippen LogP contribution in [0.3, 0.4) is 0 Å². The third-order valence-corrected chi connectivity index (χ3v) is 5.24. The number of benzene rings is 1. The average molecular weight is 350 g/mol. The van der Waals surface area contributed by atoms with E-state index in [0.717, 1.165) is 6.42 Å². The Hall–Kier alpha value is -0.770. The summed E-state index contributed by atoms with van der Waals surface area (Å²) < 4.78 is 27.0. The highest BCUT2D eigenvalue weighted by atomic mass is 35.5. The monoisotopic (exact) mass is 349 g/mol. The Bertz CT molecular complexity index is 640. The lowest BCUT2D eigenvalue weighted by molar-refractivity contribution is 0.350. The van der Waals surface area contributed by atoms with Crippen molar-refractivity contribution in [1.82, 2.24) is 4.72 Å². The Morgan fingerprint density at radius 2 is 1.90 bits per heavy atom. The fraction of sp³-hybridized carbons (Fsp3) is 0.429. The fourth-order valence-electron chi connectivity index (χ4n) is 1.50. The van der Waals surface area contributed by atoms with Gasteiger partial charge in [-0.25, -0.2) is 13.1 Å². The lowest BCUT2D eigenvalue weighted by Gasteiger charge is -2.13. The van der Waals surface area contributed by atoms with Crippen molar-refractivity contribution in [3.8, 4) is 11.8 Å². The Kier molecular flexibility index (Phi) is 6.98. The van der Waals surface area contributed by atoms with E-state index in [1.807, 2.05) is 13.8 Å². The van der Waals surface area contributed by atoms with Crippen LogP contribution in [0, 0.1) is 17.8 Å². The summed E-state index contributed by atoms with van der Waals surface area (Å²) in [6.07, 6.45) is 0.861. The molecule has 4 nitrogen and oxygen atoms in total. The van der Waals surface area contributed by atoms with E-state index in [-0.39, 0.29) is 27.5 Å². The van der Waals surface area contributed by atoms with Crippen LogP contribution < -0.4 is 4.72 Å². The molecule has 1 aromatic carbocycles. The number of hydrogen-bond acceptors (Lipinski definition) is 3. The van der Waals surface area contributed by atoms with Gasteiger partial charge >= 0.3 is 0 Å². The van der Waals surface area contributed by atoms with Crippen molar-refractivity contribution in [2.75, 3.05) is 13.2 Å². The molecule has 1 aromatic rings. The van der Waals surface area contributed by atoms with Crippen LogP contribution in [0.1, 0.15) is 25.8 Å². The quantitative estimate of drug-likeness (QED) is 0.803.